The van der Waals surface area contributed by atoms with Crippen LogP contribution in [-0.2, 0) is 11.3 Å². The molecule has 0 saturated carbocycles. The van der Waals surface area contributed by atoms with Gasteiger partial charge in [-0.25, -0.2) is 0 Å². The Balaban J connectivity index is 1.86. The lowest BCUT2D eigenvalue weighted by Gasteiger charge is -2.12. The number of amides is 1. The number of hydrogen-bond donors (Lipinski definition) is 1. The van der Waals surface area contributed by atoms with Crippen molar-refractivity contribution in [3.8, 4) is 0 Å². The van der Waals surface area contributed by atoms with E-state index in [1.54, 1.807) is 12.1 Å². The number of rotatable bonds is 6. The SMILES string of the molecule is C[C@@H](Sc1ccc([N+](=O)[O-])cc1)C(=O)NCc1ccccc1. The number of nitro groups is 1. The fraction of sp³-hybridized carbons (Fsp3) is 0.188. The number of carbonyl (C=O) groups is 1. The molecule has 114 valence electrons. The van der Waals surface area contributed by atoms with Gasteiger partial charge in [-0.15, -0.1) is 11.8 Å². The van der Waals surface area contributed by atoms with Crippen molar-refractivity contribution in [2.45, 2.75) is 23.6 Å². The van der Waals surface area contributed by atoms with Crippen LogP contribution in [0.15, 0.2) is 59.5 Å². The molecule has 0 saturated heterocycles. The van der Waals surface area contributed by atoms with Crippen LogP contribution in [0.2, 0.25) is 0 Å². The van der Waals surface area contributed by atoms with E-state index < -0.39 is 4.92 Å². The molecular formula is C16H16N2O3S. The van der Waals surface area contributed by atoms with Crippen LogP contribution in [0.4, 0.5) is 5.69 Å². The largest absolute Gasteiger partial charge is 0.351 e. The highest BCUT2D eigenvalue weighted by molar-refractivity contribution is 8.00. The van der Waals surface area contributed by atoms with E-state index in [-0.39, 0.29) is 16.8 Å². The van der Waals surface area contributed by atoms with E-state index in [0.717, 1.165) is 10.5 Å². The van der Waals surface area contributed by atoms with E-state index in [0.29, 0.717) is 6.54 Å². The predicted molar refractivity (Wildman–Crippen MR) is 86.7 cm³/mol. The molecule has 0 unspecified atom stereocenters. The summed E-state index contributed by atoms with van der Waals surface area (Å²) < 4.78 is 0. The van der Waals surface area contributed by atoms with Crippen molar-refractivity contribution < 1.29 is 9.72 Å². The van der Waals surface area contributed by atoms with Gasteiger partial charge in [-0.05, 0) is 24.6 Å². The van der Waals surface area contributed by atoms with Crippen LogP contribution in [0.5, 0.6) is 0 Å². The van der Waals surface area contributed by atoms with Gasteiger partial charge in [-0.3, -0.25) is 14.9 Å². The maximum absolute atomic E-state index is 12.1. The number of hydrogen-bond acceptors (Lipinski definition) is 4. The standard InChI is InChI=1S/C16H16N2O3S/c1-12(16(19)17-11-13-5-3-2-4-6-13)22-15-9-7-14(8-10-15)18(20)21/h2-10,12H,11H2,1H3,(H,17,19)/t12-/m1/s1. The number of nitro benzene ring substituents is 1. The molecule has 1 atom stereocenters. The highest BCUT2D eigenvalue weighted by atomic mass is 32.2. The maximum Gasteiger partial charge on any atom is 0.269 e. The van der Waals surface area contributed by atoms with Gasteiger partial charge in [0.1, 0.15) is 0 Å². The van der Waals surface area contributed by atoms with E-state index in [1.807, 2.05) is 37.3 Å². The lowest BCUT2D eigenvalue weighted by Crippen LogP contribution is -2.30. The summed E-state index contributed by atoms with van der Waals surface area (Å²) in [7, 11) is 0. The molecule has 0 aliphatic rings. The van der Waals surface area contributed by atoms with E-state index in [9.17, 15) is 14.9 Å². The molecule has 1 amide bonds. The highest BCUT2D eigenvalue weighted by Gasteiger charge is 2.14. The molecule has 0 heterocycles. The summed E-state index contributed by atoms with van der Waals surface area (Å²) in [6.07, 6.45) is 0. The molecule has 22 heavy (non-hydrogen) atoms. The van der Waals surface area contributed by atoms with Gasteiger partial charge < -0.3 is 5.32 Å². The van der Waals surface area contributed by atoms with E-state index in [4.69, 9.17) is 0 Å². The summed E-state index contributed by atoms with van der Waals surface area (Å²) in [4.78, 5) is 23.0. The molecule has 0 aliphatic heterocycles. The second-order valence-electron chi connectivity index (χ2n) is 4.71. The topological polar surface area (TPSA) is 72.2 Å². The van der Waals surface area contributed by atoms with Gasteiger partial charge in [0.25, 0.3) is 5.69 Å². The summed E-state index contributed by atoms with van der Waals surface area (Å²) in [6, 6.07) is 15.9. The van der Waals surface area contributed by atoms with Crippen molar-refractivity contribution in [1.29, 1.82) is 0 Å². The first-order chi connectivity index (χ1) is 10.6. The van der Waals surface area contributed by atoms with Gasteiger partial charge in [0.2, 0.25) is 5.91 Å². The van der Waals surface area contributed by atoms with Crippen LogP contribution in [0.25, 0.3) is 0 Å². The second kappa shape index (κ2) is 7.61. The van der Waals surface area contributed by atoms with Crippen molar-refractivity contribution in [3.63, 3.8) is 0 Å². The Morgan fingerprint density at radius 2 is 1.82 bits per heavy atom. The van der Waals surface area contributed by atoms with Crippen molar-refractivity contribution in [1.82, 2.24) is 5.32 Å². The van der Waals surface area contributed by atoms with Crippen LogP contribution >= 0.6 is 11.8 Å². The average molecular weight is 316 g/mol. The predicted octanol–water partition coefficient (Wildman–Crippen LogP) is 3.39. The molecule has 0 bridgehead atoms. The Labute approximate surface area is 132 Å². The third-order valence-electron chi connectivity index (χ3n) is 3.04. The number of thioether (sulfide) groups is 1. The van der Waals surface area contributed by atoms with Crippen LogP contribution < -0.4 is 5.32 Å². The summed E-state index contributed by atoms with van der Waals surface area (Å²) in [5.41, 5.74) is 1.09. The third-order valence-corrected chi connectivity index (χ3v) is 4.15. The minimum atomic E-state index is -0.440. The molecule has 6 heteroatoms. The molecule has 5 nitrogen and oxygen atoms in total. The number of nitrogens with one attached hydrogen (secondary N) is 1. The Kier molecular flexibility index (Phi) is 5.55. The van der Waals surface area contributed by atoms with E-state index in [2.05, 4.69) is 5.32 Å². The Bertz CT molecular complexity index is 644. The summed E-state index contributed by atoms with van der Waals surface area (Å²) in [5.74, 6) is -0.0628. The van der Waals surface area contributed by atoms with Gasteiger partial charge in [-0.2, -0.15) is 0 Å². The molecule has 0 radical (unpaired) electrons. The molecule has 1 N–H and O–H groups in total. The number of benzene rings is 2. The second-order valence-corrected chi connectivity index (χ2v) is 6.13. The Morgan fingerprint density at radius 3 is 2.41 bits per heavy atom. The van der Waals surface area contributed by atoms with Crippen molar-refractivity contribution in [2.75, 3.05) is 0 Å². The zero-order chi connectivity index (χ0) is 15.9. The zero-order valence-corrected chi connectivity index (χ0v) is 12.9. The fourth-order valence-electron chi connectivity index (χ4n) is 1.83. The van der Waals surface area contributed by atoms with Crippen LogP contribution in [0.1, 0.15) is 12.5 Å². The third kappa shape index (κ3) is 4.60. The van der Waals surface area contributed by atoms with Crippen molar-refractivity contribution in [2.24, 2.45) is 0 Å². The van der Waals surface area contributed by atoms with E-state index >= 15 is 0 Å². The quantitative estimate of drug-likeness (QED) is 0.504. The monoisotopic (exact) mass is 316 g/mol. The smallest absolute Gasteiger partial charge is 0.269 e. The van der Waals surface area contributed by atoms with Crippen molar-refractivity contribution in [3.05, 3.63) is 70.3 Å². The summed E-state index contributed by atoms with van der Waals surface area (Å²) in [6.45, 7) is 2.30. The first kappa shape index (κ1) is 16.0. The first-order valence-corrected chi connectivity index (χ1v) is 7.67. The van der Waals surface area contributed by atoms with Gasteiger partial charge in [-0.1, -0.05) is 30.3 Å². The molecular weight excluding hydrogens is 300 g/mol. The van der Waals surface area contributed by atoms with Gasteiger partial charge in [0.15, 0.2) is 0 Å². The lowest BCUT2D eigenvalue weighted by atomic mass is 10.2. The van der Waals surface area contributed by atoms with E-state index in [1.165, 1.54) is 23.9 Å². The number of nitrogens with zero attached hydrogens (tertiary/aromatic N) is 1. The van der Waals surface area contributed by atoms with Crippen LogP contribution in [-0.4, -0.2) is 16.1 Å². The number of carbonyl (C=O) groups excluding carboxylic acids is 1. The molecule has 2 aromatic carbocycles. The van der Waals surface area contributed by atoms with Gasteiger partial charge in [0, 0.05) is 23.6 Å². The van der Waals surface area contributed by atoms with Crippen LogP contribution in [0, 0.1) is 10.1 Å². The number of non-ortho nitro benzene ring substituents is 1. The Morgan fingerprint density at radius 1 is 1.18 bits per heavy atom. The van der Waals surface area contributed by atoms with Crippen LogP contribution in [0.3, 0.4) is 0 Å². The molecule has 0 fully saturated rings. The first-order valence-electron chi connectivity index (χ1n) is 6.79. The molecule has 0 spiro atoms. The van der Waals surface area contributed by atoms with Crippen molar-refractivity contribution >= 4 is 23.4 Å². The normalized spacial score (nSPS) is 11.7. The molecule has 2 rings (SSSR count). The molecule has 0 aliphatic carbocycles. The summed E-state index contributed by atoms with van der Waals surface area (Å²) >= 11 is 1.37. The molecule has 2 aromatic rings. The lowest BCUT2D eigenvalue weighted by molar-refractivity contribution is -0.384. The highest BCUT2D eigenvalue weighted by Crippen LogP contribution is 2.25. The minimum Gasteiger partial charge on any atom is -0.351 e. The van der Waals surface area contributed by atoms with Gasteiger partial charge in [0.05, 0.1) is 10.2 Å². The Hall–Kier alpha value is -2.34. The molecule has 0 aromatic heterocycles. The zero-order valence-electron chi connectivity index (χ0n) is 12.1. The van der Waals surface area contributed by atoms with Gasteiger partial charge >= 0.3 is 0 Å². The average Bonchev–Trinajstić information content (AvgIpc) is 2.54. The minimum absolute atomic E-state index is 0.0468. The maximum atomic E-state index is 12.1. The fourth-order valence-corrected chi connectivity index (χ4v) is 2.72. The summed E-state index contributed by atoms with van der Waals surface area (Å²) in [5, 5.41) is 13.2.